The van der Waals surface area contributed by atoms with Crippen LogP contribution < -0.4 is 0 Å². The number of hydrogen-bond acceptors (Lipinski definition) is 5. The SMILES string of the molecule is CC12C3[C@H](O)O[C@H](O)[C@H]3[C@@](C)(N=[N+]1[O-])C2(C)C. The van der Waals surface area contributed by atoms with Crippen LogP contribution in [0.2, 0.25) is 0 Å². The molecule has 2 unspecified atom stereocenters. The summed E-state index contributed by atoms with van der Waals surface area (Å²) in [6.07, 6.45) is -2.16. The van der Waals surface area contributed by atoms with Crippen molar-refractivity contribution in [2.75, 3.05) is 0 Å². The number of rotatable bonds is 0. The Kier molecular flexibility index (Phi) is 1.77. The molecular weight excluding hydrogens is 224 g/mol. The molecule has 2 heterocycles. The molecule has 0 aromatic rings. The maximum atomic E-state index is 12.1. The van der Waals surface area contributed by atoms with Crippen molar-refractivity contribution >= 4 is 0 Å². The normalized spacial score (nSPS) is 59.3. The van der Waals surface area contributed by atoms with Crippen LogP contribution in [0.1, 0.15) is 27.7 Å². The van der Waals surface area contributed by atoms with Gasteiger partial charge in [-0.1, -0.05) is 18.7 Å². The van der Waals surface area contributed by atoms with Crippen molar-refractivity contribution in [1.82, 2.24) is 0 Å². The van der Waals surface area contributed by atoms with E-state index in [1.165, 1.54) is 0 Å². The van der Waals surface area contributed by atoms with Gasteiger partial charge >= 0.3 is 0 Å². The molecular formula is C11H18N2O4. The smallest absolute Gasteiger partial charge is 0.212 e. The zero-order valence-electron chi connectivity index (χ0n) is 10.4. The highest BCUT2D eigenvalue weighted by molar-refractivity contribution is 5.24. The van der Waals surface area contributed by atoms with E-state index in [0.717, 1.165) is 0 Å². The van der Waals surface area contributed by atoms with Gasteiger partial charge in [-0.25, -0.2) is 0 Å². The molecule has 6 heteroatoms. The lowest BCUT2D eigenvalue weighted by atomic mass is 9.68. The van der Waals surface area contributed by atoms with Crippen LogP contribution in [-0.4, -0.2) is 38.7 Å². The highest BCUT2D eigenvalue weighted by atomic mass is 16.7. The number of nitrogens with zero attached hydrogens (tertiary/aromatic N) is 2. The molecule has 0 radical (unpaired) electrons. The van der Waals surface area contributed by atoms with Crippen molar-refractivity contribution in [3.63, 3.8) is 0 Å². The predicted octanol–water partition coefficient (Wildman–Crippen LogP) is 0.419. The standard InChI is InChI=1S/C11H18N2O4/c1-9(2)10(3)5-6(8(15)17-7(5)14)11(9,4)13(16)12-10/h5-8,14-15H,1-4H3/t5-,6?,7-,8+,10+,11?/m0/s1. The second-order valence-electron chi connectivity index (χ2n) is 6.26. The van der Waals surface area contributed by atoms with Crippen molar-refractivity contribution < 1.29 is 19.8 Å². The van der Waals surface area contributed by atoms with E-state index in [-0.39, 0.29) is 5.92 Å². The first-order valence-corrected chi connectivity index (χ1v) is 5.89. The van der Waals surface area contributed by atoms with Crippen LogP contribution in [0.15, 0.2) is 5.11 Å². The first kappa shape index (κ1) is 11.4. The van der Waals surface area contributed by atoms with Gasteiger partial charge in [-0.15, -0.1) is 0 Å². The number of ether oxygens (including phenoxy) is 1. The summed E-state index contributed by atoms with van der Waals surface area (Å²) in [5.41, 5.74) is -1.98. The summed E-state index contributed by atoms with van der Waals surface area (Å²) in [6.45, 7) is 7.58. The monoisotopic (exact) mass is 242 g/mol. The summed E-state index contributed by atoms with van der Waals surface area (Å²) in [5.74, 6) is -0.741. The summed E-state index contributed by atoms with van der Waals surface area (Å²) < 4.78 is 5.07. The van der Waals surface area contributed by atoms with E-state index in [0.29, 0.717) is 4.86 Å². The molecule has 0 aromatic carbocycles. The second kappa shape index (κ2) is 2.65. The summed E-state index contributed by atoms with van der Waals surface area (Å²) >= 11 is 0. The molecule has 2 bridgehead atoms. The minimum atomic E-state index is -1.10. The fourth-order valence-electron chi connectivity index (χ4n) is 4.12. The maximum absolute atomic E-state index is 12.1. The molecule has 6 nitrogen and oxygen atoms in total. The van der Waals surface area contributed by atoms with Crippen molar-refractivity contribution in [2.24, 2.45) is 22.4 Å². The zero-order valence-corrected chi connectivity index (χ0v) is 10.4. The summed E-state index contributed by atoms with van der Waals surface area (Å²) in [6, 6.07) is 0. The lowest BCUT2D eigenvalue weighted by Gasteiger charge is -2.35. The van der Waals surface area contributed by atoms with Gasteiger partial charge in [0.25, 0.3) is 0 Å². The predicted molar refractivity (Wildman–Crippen MR) is 56.7 cm³/mol. The number of fused-ring (bicyclic) bond motifs is 5. The largest absolute Gasteiger partial charge is 0.599 e. The first-order valence-electron chi connectivity index (χ1n) is 5.89. The number of hydroxylamine groups is 1. The Balaban J connectivity index is 2.24. The Morgan fingerprint density at radius 3 is 2.24 bits per heavy atom. The third-order valence-corrected chi connectivity index (χ3v) is 5.80. The quantitative estimate of drug-likeness (QED) is 0.476. The van der Waals surface area contributed by atoms with Crippen LogP contribution in [0.3, 0.4) is 0 Å². The average Bonchev–Trinajstić information content (AvgIpc) is 2.61. The van der Waals surface area contributed by atoms with Gasteiger partial charge in [0.2, 0.25) is 5.54 Å². The Bertz CT molecular complexity index is 424. The zero-order chi connectivity index (χ0) is 12.8. The van der Waals surface area contributed by atoms with Crippen LogP contribution in [0.5, 0.6) is 0 Å². The molecule has 0 spiro atoms. The number of aliphatic hydroxyl groups is 2. The summed E-state index contributed by atoms with van der Waals surface area (Å²) in [7, 11) is 0. The fraction of sp³-hybridized carbons (Fsp3) is 1.00. The van der Waals surface area contributed by atoms with Gasteiger partial charge in [-0.3, -0.25) is 0 Å². The molecule has 0 amide bonds. The van der Waals surface area contributed by atoms with E-state index in [1.54, 1.807) is 6.92 Å². The van der Waals surface area contributed by atoms with Gasteiger partial charge in [-0.2, -0.15) is 0 Å². The van der Waals surface area contributed by atoms with Gasteiger partial charge < -0.3 is 20.2 Å². The van der Waals surface area contributed by atoms with E-state index in [9.17, 15) is 15.4 Å². The van der Waals surface area contributed by atoms with Crippen LogP contribution in [0.4, 0.5) is 0 Å². The molecule has 96 valence electrons. The van der Waals surface area contributed by atoms with Crippen molar-refractivity contribution in [3.05, 3.63) is 5.21 Å². The van der Waals surface area contributed by atoms with Crippen molar-refractivity contribution in [2.45, 2.75) is 51.4 Å². The molecule has 1 saturated carbocycles. The van der Waals surface area contributed by atoms with E-state index < -0.39 is 35.0 Å². The second-order valence-corrected chi connectivity index (χ2v) is 6.26. The molecule has 2 N–H and O–H groups in total. The molecule has 1 aliphatic carbocycles. The Hall–Kier alpha value is -0.720. The first-order chi connectivity index (χ1) is 7.68. The lowest BCUT2D eigenvalue weighted by molar-refractivity contribution is -0.620. The molecule has 6 atom stereocenters. The summed E-state index contributed by atoms with van der Waals surface area (Å²) in [4.78, 5) is 0.707. The highest BCUT2D eigenvalue weighted by Gasteiger charge is 2.84. The fourth-order valence-corrected chi connectivity index (χ4v) is 4.12. The van der Waals surface area contributed by atoms with Gasteiger partial charge in [0.15, 0.2) is 12.6 Å². The van der Waals surface area contributed by atoms with Gasteiger partial charge in [0.1, 0.15) is 5.54 Å². The topological polar surface area (TPSA) is 88.1 Å². The number of aliphatic hydroxyl groups excluding tert-OH is 2. The Morgan fingerprint density at radius 1 is 1.12 bits per heavy atom. The van der Waals surface area contributed by atoms with E-state index in [1.807, 2.05) is 20.8 Å². The molecule has 3 aliphatic rings. The van der Waals surface area contributed by atoms with Gasteiger partial charge in [0, 0.05) is 6.92 Å². The van der Waals surface area contributed by atoms with E-state index in [2.05, 4.69) is 5.11 Å². The highest BCUT2D eigenvalue weighted by Crippen LogP contribution is 2.69. The number of hydrogen-bond donors (Lipinski definition) is 2. The molecule has 2 aliphatic heterocycles. The van der Waals surface area contributed by atoms with Crippen molar-refractivity contribution in [3.8, 4) is 0 Å². The van der Waals surface area contributed by atoms with E-state index >= 15 is 0 Å². The molecule has 0 aromatic heterocycles. The van der Waals surface area contributed by atoms with Crippen LogP contribution in [0.25, 0.3) is 0 Å². The third-order valence-electron chi connectivity index (χ3n) is 5.80. The van der Waals surface area contributed by atoms with Crippen molar-refractivity contribution in [1.29, 1.82) is 0 Å². The van der Waals surface area contributed by atoms with Gasteiger partial charge in [0.05, 0.1) is 17.3 Å². The Morgan fingerprint density at radius 2 is 1.65 bits per heavy atom. The molecule has 2 fully saturated rings. The van der Waals surface area contributed by atoms with Crippen LogP contribution in [-0.2, 0) is 4.74 Å². The molecule has 17 heavy (non-hydrogen) atoms. The van der Waals surface area contributed by atoms with Crippen LogP contribution in [0, 0.1) is 22.5 Å². The number of azo groups is 1. The third kappa shape index (κ3) is 0.851. The Labute approximate surface area is 99.5 Å². The average molecular weight is 242 g/mol. The van der Waals surface area contributed by atoms with Crippen LogP contribution >= 0.6 is 0 Å². The molecule has 3 rings (SSSR count). The van der Waals surface area contributed by atoms with Gasteiger partial charge in [-0.05, 0) is 12.0 Å². The van der Waals surface area contributed by atoms with E-state index in [4.69, 9.17) is 4.74 Å². The maximum Gasteiger partial charge on any atom is 0.212 e. The minimum Gasteiger partial charge on any atom is -0.599 e. The molecule has 1 saturated heterocycles. The minimum absolute atomic E-state index is 0.331. The summed E-state index contributed by atoms with van der Waals surface area (Å²) in [5, 5.41) is 36.1. The lowest BCUT2D eigenvalue weighted by Crippen LogP contribution is -2.51.